The molecule has 0 N–H and O–H groups in total. The highest BCUT2D eigenvalue weighted by Crippen LogP contribution is 2.33. The van der Waals surface area contributed by atoms with Gasteiger partial charge in [0, 0.05) is 44.6 Å². The minimum atomic E-state index is -4.43. The van der Waals surface area contributed by atoms with E-state index in [1.54, 1.807) is 30.2 Å². The molecule has 0 amide bonds. The van der Waals surface area contributed by atoms with Crippen LogP contribution in [0.5, 0.6) is 0 Å². The van der Waals surface area contributed by atoms with E-state index in [1.807, 2.05) is 4.90 Å². The predicted molar refractivity (Wildman–Crippen MR) is 83.2 cm³/mol. The molecule has 7 nitrogen and oxygen atoms in total. The van der Waals surface area contributed by atoms with Crippen LogP contribution in [-0.4, -0.2) is 42.2 Å². The van der Waals surface area contributed by atoms with Gasteiger partial charge in [-0.25, -0.2) is 9.97 Å². The molecule has 1 aliphatic heterocycles. The number of imidazole rings is 1. The monoisotopic (exact) mass is 351 g/mol. The van der Waals surface area contributed by atoms with Crippen LogP contribution in [0.15, 0.2) is 24.9 Å². The van der Waals surface area contributed by atoms with E-state index in [0.29, 0.717) is 23.8 Å². The molecule has 0 aliphatic carbocycles. The van der Waals surface area contributed by atoms with Gasteiger partial charge in [-0.1, -0.05) is 0 Å². The summed E-state index contributed by atoms with van der Waals surface area (Å²) < 4.78 is 42.0. The SMILES string of the molecule is Cn1cc(C(F)(F)F)nc1[C@H]1CCCN(c2nccn3cnnc23)C1. The van der Waals surface area contributed by atoms with Crippen molar-refractivity contribution in [2.75, 3.05) is 18.0 Å². The number of alkyl halides is 3. The zero-order chi connectivity index (χ0) is 17.6. The largest absolute Gasteiger partial charge is 0.434 e. The Morgan fingerprint density at radius 3 is 2.88 bits per heavy atom. The number of fused-ring (bicyclic) bond motifs is 1. The molecule has 0 unspecified atom stereocenters. The normalized spacial score (nSPS) is 18.9. The predicted octanol–water partition coefficient (Wildman–Crippen LogP) is 2.26. The topological polar surface area (TPSA) is 64.1 Å². The number of hydrogen-bond donors (Lipinski definition) is 0. The lowest BCUT2D eigenvalue weighted by molar-refractivity contribution is -0.141. The molecule has 0 aromatic carbocycles. The first kappa shape index (κ1) is 15.9. The van der Waals surface area contributed by atoms with Crippen molar-refractivity contribution >= 4 is 11.5 Å². The summed E-state index contributed by atoms with van der Waals surface area (Å²) in [7, 11) is 1.61. The first-order chi connectivity index (χ1) is 11.9. The lowest BCUT2D eigenvalue weighted by atomic mass is 9.97. The maximum Gasteiger partial charge on any atom is 0.434 e. The van der Waals surface area contributed by atoms with E-state index >= 15 is 0 Å². The Hall–Kier alpha value is -2.65. The van der Waals surface area contributed by atoms with E-state index in [-0.39, 0.29) is 5.92 Å². The average Bonchev–Trinajstić information content (AvgIpc) is 3.20. The summed E-state index contributed by atoms with van der Waals surface area (Å²) in [6.45, 7) is 1.31. The second kappa shape index (κ2) is 5.71. The van der Waals surface area contributed by atoms with Gasteiger partial charge in [0.2, 0.25) is 5.65 Å². The molecule has 0 radical (unpaired) electrons. The fourth-order valence-electron chi connectivity index (χ4n) is 3.35. The number of nitrogens with zero attached hydrogens (tertiary/aromatic N) is 7. The highest BCUT2D eigenvalue weighted by Gasteiger charge is 2.36. The van der Waals surface area contributed by atoms with Gasteiger partial charge < -0.3 is 9.47 Å². The van der Waals surface area contributed by atoms with Gasteiger partial charge in [-0.05, 0) is 12.8 Å². The molecule has 1 saturated heterocycles. The molecule has 3 aromatic rings. The van der Waals surface area contributed by atoms with Gasteiger partial charge in [0.15, 0.2) is 11.5 Å². The first-order valence-electron chi connectivity index (χ1n) is 7.93. The summed E-state index contributed by atoms with van der Waals surface area (Å²) in [6.07, 6.45) is 3.26. The van der Waals surface area contributed by atoms with Gasteiger partial charge in [-0.2, -0.15) is 13.2 Å². The molecule has 25 heavy (non-hydrogen) atoms. The van der Waals surface area contributed by atoms with Crippen LogP contribution in [0.2, 0.25) is 0 Å². The third-order valence-electron chi connectivity index (χ3n) is 4.49. The van der Waals surface area contributed by atoms with Crippen molar-refractivity contribution in [3.63, 3.8) is 0 Å². The molecule has 4 heterocycles. The summed E-state index contributed by atoms with van der Waals surface area (Å²) in [6, 6.07) is 0. The molecule has 1 aliphatic rings. The zero-order valence-corrected chi connectivity index (χ0v) is 13.5. The quantitative estimate of drug-likeness (QED) is 0.709. The highest BCUT2D eigenvalue weighted by molar-refractivity contribution is 5.63. The number of aromatic nitrogens is 6. The summed E-state index contributed by atoms with van der Waals surface area (Å²) in [5.74, 6) is 1.04. The molecule has 4 rings (SSSR count). The molecular formula is C15H16F3N7. The van der Waals surface area contributed by atoms with Crippen LogP contribution >= 0.6 is 0 Å². The van der Waals surface area contributed by atoms with Crippen LogP contribution in [0.4, 0.5) is 19.0 Å². The molecule has 1 atom stereocenters. The van der Waals surface area contributed by atoms with E-state index in [1.165, 1.54) is 4.57 Å². The van der Waals surface area contributed by atoms with Crippen LogP contribution in [-0.2, 0) is 13.2 Å². The van der Waals surface area contributed by atoms with Crippen molar-refractivity contribution in [3.05, 3.63) is 36.4 Å². The summed E-state index contributed by atoms with van der Waals surface area (Å²) >= 11 is 0. The highest BCUT2D eigenvalue weighted by atomic mass is 19.4. The number of halogens is 3. The Bertz CT molecular complexity index is 898. The van der Waals surface area contributed by atoms with E-state index in [0.717, 1.165) is 25.6 Å². The zero-order valence-electron chi connectivity index (χ0n) is 13.5. The Morgan fingerprint density at radius 1 is 1.28 bits per heavy atom. The number of hydrogen-bond acceptors (Lipinski definition) is 5. The van der Waals surface area contributed by atoms with Gasteiger partial charge in [-0.3, -0.25) is 4.40 Å². The Morgan fingerprint density at radius 2 is 2.12 bits per heavy atom. The fraction of sp³-hybridized carbons (Fsp3) is 0.467. The van der Waals surface area contributed by atoms with Crippen LogP contribution in [0, 0.1) is 0 Å². The lowest BCUT2D eigenvalue weighted by Gasteiger charge is -2.33. The van der Waals surface area contributed by atoms with Crippen LogP contribution in [0.3, 0.4) is 0 Å². The fourth-order valence-corrected chi connectivity index (χ4v) is 3.35. The van der Waals surface area contributed by atoms with Crippen LogP contribution < -0.4 is 4.90 Å². The van der Waals surface area contributed by atoms with Gasteiger partial charge in [0.05, 0.1) is 0 Å². The molecule has 3 aromatic heterocycles. The Kier molecular flexibility index (Phi) is 3.62. The van der Waals surface area contributed by atoms with Crippen molar-refractivity contribution in [1.29, 1.82) is 0 Å². The third kappa shape index (κ3) is 2.81. The Balaban J connectivity index is 1.64. The number of piperidine rings is 1. The lowest BCUT2D eigenvalue weighted by Crippen LogP contribution is -2.36. The second-order valence-corrected chi connectivity index (χ2v) is 6.19. The van der Waals surface area contributed by atoms with E-state index in [2.05, 4.69) is 20.2 Å². The van der Waals surface area contributed by atoms with Crippen molar-refractivity contribution in [1.82, 2.24) is 29.1 Å². The molecule has 0 bridgehead atoms. The van der Waals surface area contributed by atoms with Gasteiger partial charge >= 0.3 is 6.18 Å². The first-order valence-corrected chi connectivity index (χ1v) is 7.93. The van der Waals surface area contributed by atoms with Gasteiger partial charge in [0.25, 0.3) is 0 Å². The maximum absolute atomic E-state index is 12.9. The summed E-state index contributed by atoms with van der Waals surface area (Å²) in [4.78, 5) is 10.3. The standard InChI is InChI=1S/C15H16F3N7/c1-23-8-11(15(16,17)18)21-12(23)10-3-2-5-24(7-10)13-14-22-20-9-25(14)6-4-19-13/h4,6,8-10H,2-3,5,7H2,1H3/t10-/m0/s1. The van der Waals surface area contributed by atoms with E-state index in [4.69, 9.17) is 0 Å². The molecular weight excluding hydrogens is 335 g/mol. The van der Waals surface area contributed by atoms with Gasteiger partial charge in [0.1, 0.15) is 12.2 Å². The molecule has 0 spiro atoms. The number of anilines is 1. The minimum Gasteiger partial charge on any atom is -0.353 e. The molecule has 10 heteroatoms. The average molecular weight is 351 g/mol. The third-order valence-corrected chi connectivity index (χ3v) is 4.49. The molecule has 0 saturated carbocycles. The Labute approximate surface area is 141 Å². The number of aryl methyl sites for hydroxylation is 1. The maximum atomic E-state index is 12.9. The minimum absolute atomic E-state index is 0.0974. The number of rotatable bonds is 2. The smallest absolute Gasteiger partial charge is 0.353 e. The van der Waals surface area contributed by atoms with Crippen LogP contribution in [0.25, 0.3) is 5.65 Å². The van der Waals surface area contributed by atoms with Crippen molar-refractivity contribution in [2.45, 2.75) is 24.9 Å². The van der Waals surface area contributed by atoms with E-state index < -0.39 is 11.9 Å². The van der Waals surface area contributed by atoms with Crippen LogP contribution in [0.1, 0.15) is 30.3 Å². The van der Waals surface area contributed by atoms with Crippen molar-refractivity contribution in [3.8, 4) is 0 Å². The molecule has 132 valence electrons. The van der Waals surface area contributed by atoms with Gasteiger partial charge in [-0.15, -0.1) is 10.2 Å². The summed E-state index contributed by atoms with van der Waals surface area (Å²) in [5, 5.41) is 7.97. The van der Waals surface area contributed by atoms with E-state index in [9.17, 15) is 13.2 Å². The van der Waals surface area contributed by atoms with Crippen molar-refractivity contribution < 1.29 is 13.2 Å². The molecule has 1 fully saturated rings. The van der Waals surface area contributed by atoms with Crippen molar-refractivity contribution in [2.24, 2.45) is 7.05 Å². The second-order valence-electron chi connectivity index (χ2n) is 6.19. The summed E-state index contributed by atoms with van der Waals surface area (Å²) in [5.41, 5.74) is -0.209.